The second-order valence-electron chi connectivity index (χ2n) is 4.86. The Kier molecular flexibility index (Phi) is 4.27. The standard InChI is InChI=1S/C16H12ClN3O2S/c1-9(21)19-13-5-3-11(7-12(13)17)20-16(22)10-2-4-14-15(6-10)23-8-18-14/h2-8H,1H3,(H,19,21)(H,20,22). The van der Waals surface area contributed by atoms with Crippen molar-refractivity contribution in [3.05, 3.63) is 52.5 Å². The Balaban J connectivity index is 1.79. The number of amides is 2. The number of benzene rings is 2. The van der Waals surface area contributed by atoms with Gasteiger partial charge < -0.3 is 10.6 Å². The average Bonchev–Trinajstić information content (AvgIpc) is 2.97. The predicted molar refractivity (Wildman–Crippen MR) is 93.3 cm³/mol. The summed E-state index contributed by atoms with van der Waals surface area (Å²) >= 11 is 7.58. The molecule has 3 aromatic rings. The maximum atomic E-state index is 12.3. The van der Waals surface area contributed by atoms with Crippen molar-refractivity contribution in [2.75, 3.05) is 10.6 Å². The number of anilines is 2. The third kappa shape index (κ3) is 3.49. The normalized spacial score (nSPS) is 10.5. The molecule has 0 atom stereocenters. The largest absolute Gasteiger partial charge is 0.325 e. The molecule has 116 valence electrons. The molecular formula is C16H12ClN3O2S. The van der Waals surface area contributed by atoms with Gasteiger partial charge in [0.2, 0.25) is 5.91 Å². The molecule has 0 unspecified atom stereocenters. The minimum absolute atomic E-state index is 0.207. The van der Waals surface area contributed by atoms with Gasteiger partial charge in [-0.2, -0.15) is 0 Å². The van der Waals surface area contributed by atoms with Crippen LogP contribution in [0.15, 0.2) is 41.9 Å². The van der Waals surface area contributed by atoms with Crippen LogP contribution < -0.4 is 10.6 Å². The van der Waals surface area contributed by atoms with E-state index in [2.05, 4.69) is 15.6 Å². The third-order valence-corrected chi connectivity index (χ3v) is 4.24. The molecule has 0 radical (unpaired) electrons. The lowest BCUT2D eigenvalue weighted by Crippen LogP contribution is -2.12. The molecule has 1 aromatic heterocycles. The Morgan fingerprint density at radius 3 is 2.70 bits per heavy atom. The minimum Gasteiger partial charge on any atom is -0.325 e. The summed E-state index contributed by atoms with van der Waals surface area (Å²) < 4.78 is 0.955. The van der Waals surface area contributed by atoms with Crippen molar-refractivity contribution in [1.29, 1.82) is 0 Å². The number of hydrogen-bond donors (Lipinski definition) is 2. The van der Waals surface area contributed by atoms with Crippen molar-refractivity contribution in [3.8, 4) is 0 Å². The molecule has 0 saturated carbocycles. The van der Waals surface area contributed by atoms with Gasteiger partial charge in [-0.1, -0.05) is 11.6 Å². The van der Waals surface area contributed by atoms with E-state index in [0.29, 0.717) is 22.0 Å². The van der Waals surface area contributed by atoms with Crippen LogP contribution in [-0.2, 0) is 4.79 Å². The highest BCUT2D eigenvalue weighted by molar-refractivity contribution is 7.16. The third-order valence-electron chi connectivity index (χ3n) is 3.13. The SMILES string of the molecule is CC(=O)Nc1ccc(NC(=O)c2ccc3ncsc3c2)cc1Cl. The fourth-order valence-electron chi connectivity index (χ4n) is 2.08. The highest BCUT2D eigenvalue weighted by Gasteiger charge is 2.10. The van der Waals surface area contributed by atoms with Crippen LogP contribution in [0.5, 0.6) is 0 Å². The second-order valence-corrected chi connectivity index (χ2v) is 6.16. The Hall–Kier alpha value is -2.44. The van der Waals surface area contributed by atoms with Gasteiger partial charge in [0, 0.05) is 18.2 Å². The molecule has 7 heteroatoms. The summed E-state index contributed by atoms with van der Waals surface area (Å²) in [5.41, 5.74) is 4.21. The lowest BCUT2D eigenvalue weighted by Gasteiger charge is -2.09. The van der Waals surface area contributed by atoms with E-state index in [1.165, 1.54) is 18.3 Å². The number of nitrogens with zero attached hydrogens (tertiary/aromatic N) is 1. The van der Waals surface area contributed by atoms with E-state index in [4.69, 9.17) is 11.6 Å². The average molecular weight is 346 g/mol. The van der Waals surface area contributed by atoms with E-state index in [1.54, 1.807) is 35.8 Å². The number of aromatic nitrogens is 1. The summed E-state index contributed by atoms with van der Waals surface area (Å²) in [6.45, 7) is 1.40. The van der Waals surface area contributed by atoms with Crippen molar-refractivity contribution in [2.24, 2.45) is 0 Å². The summed E-state index contributed by atoms with van der Waals surface area (Å²) in [4.78, 5) is 27.6. The van der Waals surface area contributed by atoms with Crippen LogP contribution in [0.1, 0.15) is 17.3 Å². The molecule has 3 rings (SSSR count). The smallest absolute Gasteiger partial charge is 0.255 e. The highest BCUT2D eigenvalue weighted by Crippen LogP contribution is 2.26. The van der Waals surface area contributed by atoms with E-state index in [1.807, 2.05) is 6.07 Å². The first-order valence-electron chi connectivity index (χ1n) is 6.74. The Morgan fingerprint density at radius 2 is 1.96 bits per heavy atom. The highest BCUT2D eigenvalue weighted by atomic mass is 35.5. The van der Waals surface area contributed by atoms with Gasteiger partial charge in [0.1, 0.15) is 0 Å². The van der Waals surface area contributed by atoms with Gasteiger partial charge in [-0.05, 0) is 36.4 Å². The van der Waals surface area contributed by atoms with Gasteiger partial charge in [0.15, 0.2) is 0 Å². The molecular weight excluding hydrogens is 334 g/mol. The van der Waals surface area contributed by atoms with Crippen molar-refractivity contribution in [3.63, 3.8) is 0 Å². The molecule has 0 spiro atoms. The first kappa shape index (κ1) is 15.5. The van der Waals surface area contributed by atoms with Crippen molar-refractivity contribution < 1.29 is 9.59 Å². The van der Waals surface area contributed by atoms with Gasteiger partial charge in [0.05, 0.1) is 26.4 Å². The molecule has 2 N–H and O–H groups in total. The van der Waals surface area contributed by atoms with Gasteiger partial charge in [-0.15, -0.1) is 11.3 Å². The first-order chi connectivity index (χ1) is 11.0. The van der Waals surface area contributed by atoms with Gasteiger partial charge in [-0.25, -0.2) is 4.98 Å². The number of rotatable bonds is 3. The molecule has 5 nitrogen and oxygen atoms in total. The quantitative estimate of drug-likeness (QED) is 0.748. The molecule has 2 amide bonds. The van der Waals surface area contributed by atoms with Crippen LogP contribution in [0.2, 0.25) is 5.02 Å². The van der Waals surface area contributed by atoms with Crippen molar-refractivity contribution in [2.45, 2.75) is 6.92 Å². The van der Waals surface area contributed by atoms with E-state index in [9.17, 15) is 9.59 Å². The van der Waals surface area contributed by atoms with Crippen molar-refractivity contribution in [1.82, 2.24) is 4.98 Å². The molecule has 23 heavy (non-hydrogen) atoms. The monoisotopic (exact) mass is 345 g/mol. The van der Waals surface area contributed by atoms with Gasteiger partial charge in [-0.3, -0.25) is 9.59 Å². The second kappa shape index (κ2) is 6.36. The Bertz CT molecular complexity index is 907. The zero-order valence-corrected chi connectivity index (χ0v) is 13.7. The molecule has 0 aliphatic heterocycles. The Labute approximate surface area is 141 Å². The zero-order chi connectivity index (χ0) is 16.4. The molecule has 0 aliphatic rings. The number of thiazole rings is 1. The van der Waals surface area contributed by atoms with E-state index < -0.39 is 0 Å². The van der Waals surface area contributed by atoms with Crippen LogP contribution >= 0.6 is 22.9 Å². The lowest BCUT2D eigenvalue weighted by atomic mass is 10.2. The maximum Gasteiger partial charge on any atom is 0.255 e. The van der Waals surface area contributed by atoms with Crippen LogP contribution in [0.3, 0.4) is 0 Å². The van der Waals surface area contributed by atoms with Gasteiger partial charge >= 0.3 is 0 Å². The van der Waals surface area contributed by atoms with E-state index in [0.717, 1.165) is 10.2 Å². The van der Waals surface area contributed by atoms with Crippen LogP contribution in [-0.4, -0.2) is 16.8 Å². The summed E-state index contributed by atoms with van der Waals surface area (Å²) in [5, 5.41) is 5.76. The van der Waals surface area contributed by atoms with Crippen LogP contribution in [0.25, 0.3) is 10.2 Å². The van der Waals surface area contributed by atoms with E-state index in [-0.39, 0.29) is 11.8 Å². The topological polar surface area (TPSA) is 71.1 Å². The molecule has 0 aliphatic carbocycles. The summed E-state index contributed by atoms with van der Waals surface area (Å²) in [5.74, 6) is -0.440. The molecule has 2 aromatic carbocycles. The minimum atomic E-state index is -0.233. The molecule has 0 fully saturated rings. The summed E-state index contributed by atoms with van der Waals surface area (Å²) in [7, 11) is 0. The number of halogens is 1. The predicted octanol–water partition coefficient (Wildman–Crippen LogP) is 4.16. The first-order valence-corrected chi connectivity index (χ1v) is 8.00. The van der Waals surface area contributed by atoms with Gasteiger partial charge in [0.25, 0.3) is 5.91 Å². The van der Waals surface area contributed by atoms with Crippen LogP contribution in [0.4, 0.5) is 11.4 Å². The lowest BCUT2D eigenvalue weighted by molar-refractivity contribution is -0.114. The summed E-state index contributed by atoms with van der Waals surface area (Å²) in [6, 6.07) is 10.3. The Morgan fingerprint density at radius 1 is 1.13 bits per heavy atom. The number of carbonyl (C=O) groups is 2. The maximum absolute atomic E-state index is 12.3. The van der Waals surface area contributed by atoms with E-state index >= 15 is 0 Å². The fraction of sp³-hybridized carbons (Fsp3) is 0.0625. The molecule has 0 saturated heterocycles. The summed E-state index contributed by atoms with van der Waals surface area (Å²) in [6.07, 6.45) is 0. The molecule has 0 bridgehead atoms. The fourth-order valence-corrected chi connectivity index (χ4v) is 3.03. The number of hydrogen-bond acceptors (Lipinski definition) is 4. The number of nitrogens with one attached hydrogen (secondary N) is 2. The number of carbonyl (C=O) groups excluding carboxylic acids is 2. The molecule has 1 heterocycles. The van der Waals surface area contributed by atoms with Crippen LogP contribution in [0, 0.1) is 0 Å². The number of fused-ring (bicyclic) bond motifs is 1. The zero-order valence-electron chi connectivity index (χ0n) is 12.1. The van der Waals surface area contributed by atoms with Crippen molar-refractivity contribution >= 4 is 56.3 Å².